The number of carboxylic acids is 1. The Labute approximate surface area is 236 Å². The zero-order valence-corrected chi connectivity index (χ0v) is 24.2. The molecular weight excluding hydrogens is 504 g/mol. The lowest BCUT2D eigenvalue weighted by Gasteiger charge is -2.41. The summed E-state index contributed by atoms with van der Waals surface area (Å²) >= 11 is 0. The standard InChI is InChI=1S/C32H40N4O4/c1-22-27(28(30(37)38)40-31(2,3)4)29-35-18-16-32(5,17-19-35)39-20-9-8-13-23-11-6-7-12-24(23)14-10-15-25-21-26(33-22)36(29)34-25/h6-8,10-13,15,21,28H,9,14,16-20H2,1-5H3,(H,37,38)/b13-8+,15-10+/t28-/m0/s1. The van der Waals surface area contributed by atoms with E-state index in [1.807, 2.05) is 39.8 Å². The van der Waals surface area contributed by atoms with Crippen LogP contribution in [0.15, 0.2) is 42.5 Å². The predicted octanol–water partition coefficient (Wildman–Crippen LogP) is 6.03. The maximum Gasteiger partial charge on any atom is 0.337 e. The van der Waals surface area contributed by atoms with Crippen molar-refractivity contribution >= 4 is 29.6 Å². The van der Waals surface area contributed by atoms with Crippen molar-refractivity contribution in [1.82, 2.24) is 14.6 Å². The monoisotopic (exact) mass is 544 g/mol. The van der Waals surface area contributed by atoms with Gasteiger partial charge in [0.2, 0.25) is 0 Å². The quantitative estimate of drug-likeness (QED) is 0.431. The summed E-state index contributed by atoms with van der Waals surface area (Å²) in [4.78, 5) is 19.6. The SMILES string of the molecule is Cc1nc2cc3nn2c(c1[C@H](OC(C)(C)C)C(=O)O)N1CCC(C)(CC1)OCC/C=C/c1ccccc1C/C=C/3. The molecule has 40 heavy (non-hydrogen) atoms. The maximum atomic E-state index is 12.6. The van der Waals surface area contributed by atoms with Gasteiger partial charge in [-0.2, -0.15) is 9.61 Å². The number of piperidine rings is 1. The Morgan fingerprint density at radius 1 is 1.15 bits per heavy atom. The first-order valence-corrected chi connectivity index (χ1v) is 14.1. The van der Waals surface area contributed by atoms with Gasteiger partial charge in [-0.25, -0.2) is 9.78 Å². The second kappa shape index (κ2) is 11.2. The van der Waals surface area contributed by atoms with Crippen molar-refractivity contribution in [2.45, 2.75) is 77.6 Å². The second-order valence-corrected chi connectivity index (χ2v) is 12.0. The molecule has 3 aromatic rings. The van der Waals surface area contributed by atoms with Crippen molar-refractivity contribution in [3.05, 3.63) is 70.6 Å². The minimum Gasteiger partial charge on any atom is -0.479 e. The van der Waals surface area contributed by atoms with Crippen LogP contribution >= 0.6 is 0 Å². The fraction of sp³-hybridized carbons (Fsp3) is 0.469. The molecule has 3 aliphatic heterocycles. The Morgan fingerprint density at radius 2 is 1.90 bits per heavy atom. The van der Waals surface area contributed by atoms with Gasteiger partial charge in [0.25, 0.3) is 0 Å². The van der Waals surface area contributed by atoms with Gasteiger partial charge in [0.05, 0.1) is 29.1 Å². The van der Waals surface area contributed by atoms with Crippen LogP contribution in [-0.4, -0.2) is 56.6 Å². The van der Waals surface area contributed by atoms with Crippen molar-refractivity contribution < 1.29 is 19.4 Å². The first-order valence-electron chi connectivity index (χ1n) is 14.1. The molecule has 0 radical (unpaired) electrons. The van der Waals surface area contributed by atoms with E-state index in [0.717, 1.165) is 37.2 Å². The molecule has 6 rings (SSSR count). The van der Waals surface area contributed by atoms with E-state index < -0.39 is 17.7 Å². The van der Waals surface area contributed by atoms with E-state index >= 15 is 0 Å². The van der Waals surface area contributed by atoms with Gasteiger partial charge in [0.1, 0.15) is 5.82 Å². The van der Waals surface area contributed by atoms with Crippen LogP contribution in [0, 0.1) is 6.92 Å². The van der Waals surface area contributed by atoms with E-state index in [1.165, 1.54) is 11.1 Å². The lowest BCUT2D eigenvalue weighted by atomic mass is 9.92. The highest BCUT2D eigenvalue weighted by atomic mass is 16.5. The van der Waals surface area contributed by atoms with Gasteiger partial charge >= 0.3 is 5.97 Å². The minimum atomic E-state index is -1.18. The van der Waals surface area contributed by atoms with Crippen molar-refractivity contribution in [2.75, 3.05) is 24.6 Å². The van der Waals surface area contributed by atoms with Crippen LogP contribution in [0.3, 0.4) is 0 Å². The topological polar surface area (TPSA) is 89.2 Å². The number of aromatic nitrogens is 3. The summed E-state index contributed by atoms with van der Waals surface area (Å²) in [6.45, 7) is 11.7. The van der Waals surface area contributed by atoms with Crippen molar-refractivity contribution in [1.29, 1.82) is 0 Å². The van der Waals surface area contributed by atoms with Crippen molar-refractivity contribution in [3.8, 4) is 0 Å². The highest BCUT2D eigenvalue weighted by Gasteiger charge is 2.37. The van der Waals surface area contributed by atoms with E-state index in [1.54, 1.807) is 4.52 Å². The molecule has 0 unspecified atom stereocenters. The number of rotatable bonds is 3. The van der Waals surface area contributed by atoms with Crippen LogP contribution in [0.5, 0.6) is 0 Å². The number of carbonyl (C=O) groups is 1. The largest absolute Gasteiger partial charge is 0.479 e. The van der Waals surface area contributed by atoms with Crippen LogP contribution in [0.2, 0.25) is 0 Å². The number of aliphatic carboxylic acids is 1. The molecule has 1 atom stereocenters. The third kappa shape index (κ3) is 6.13. The third-order valence-corrected chi connectivity index (χ3v) is 7.62. The lowest BCUT2D eigenvalue weighted by Crippen LogP contribution is -2.45. The van der Waals surface area contributed by atoms with E-state index in [0.29, 0.717) is 36.6 Å². The first kappa shape index (κ1) is 28.1. The molecule has 0 amide bonds. The molecule has 3 aliphatic rings. The molecular formula is C32H40N4O4. The minimum absolute atomic E-state index is 0.249. The zero-order chi connectivity index (χ0) is 28.5. The number of anilines is 1. The number of fused-ring (bicyclic) bond motifs is 6. The number of nitrogens with zero attached hydrogens (tertiary/aromatic N) is 4. The average molecular weight is 545 g/mol. The fourth-order valence-electron chi connectivity index (χ4n) is 5.52. The summed E-state index contributed by atoms with van der Waals surface area (Å²) in [5, 5.41) is 15.2. The summed E-state index contributed by atoms with van der Waals surface area (Å²) in [6.07, 6.45) is 10.6. The van der Waals surface area contributed by atoms with Gasteiger partial charge < -0.3 is 19.5 Å². The van der Waals surface area contributed by atoms with Gasteiger partial charge in [-0.1, -0.05) is 42.5 Å². The molecule has 1 N–H and O–H groups in total. The highest BCUT2D eigenvalue weighted by Crippen LogP contribution is 2.37. The van der Waals surface area contributed by atoms with Gasteiger partial charge in [-0.15, -0.1) is 0 Å². The highest BCUT2D eigenvalue weighted by molar-refractivity contribution is 5.78. The first-order chi connectivity index (χ1) is 19.0. The summed E-state index contributed by atoms with van der Waals surface area (Å²) in [5.74, 6) is -0.311. The number of hydrogen-bond acceptors (Lipinski definition) is 6. The van der Waals surface area contributed by atoms with E-state index in [2.05, 4.69) is 54.3 Å². The van der Waals surface area contributed by atoms with Gasteiger partial charge in [0.15, 0.2) is 11.8 Å². The lowest BCUT2D eigenvalue weighted by molar-refractivity contribution is -0.160. The van der Waals surface area contributed by atoms with Gasteiger partial charge in [0, 0.05) is 24.8 Å². The molecule has 0 aliphatic carbocycles. The molecule has 4 bridgehead atoms. The molecule has 8 heteroatoms. The van der Waals surface area contributed by atoms with Crippen LogP contribution in [0.25, 0.3) is 17.8 Å². The van der Waals surface area contributed by atoms with Crippen molar-refractivity contribution in [3.63, 3.8) is 0 Å². The van der Waals surface area contributed by atoms with E-state index in [4.69, 9.17) is 19.6 Å². The third-order valence-electron chi connectivity index (χ3n) is 7.62. The molecule has 212 valence electrons. The zero-order valence-electron chi connectivity index (χ0n) is 24.2. The number of hydrogen-bond donors (Lipinski definition) is 1. The molecule has 0 spiro atoms. The van der Waals surface area contributed by atoms with Crippen LogP contribution in [-0.2, 0) is 20.7 Å². The summed E-state index contributed by atoms with van der Waals surface area (Å²) in [5.41, 5.74) is 4.15. The molecule has 1 aromatic carbocycles. The Hall–Kier alpha value is -3.49. The molecule has 2 aromatic heterocycles. The number of benzene rings is 1. The Balaban J connectivity index is 1.64. The maximum absolute atomic E-state index is 12.6. The number of allylic oxidation sites excluding steroid dienone is 1. The van der Waals surface area contributed by atoms with Crippen LogP contribution < -0.4 is 4.90 Å². The Morgan fingerprint density at radius 3 is 2.62 bits per heavy atom. The Bertz CT molecular complexity index is 1440. The molecule has 8 nitrogen and oxygen atoms in total. The summed E-state index contributed by atoms with van der Waals surface area (Å²) < 4.78 is 14.3. The molecule has 0 saturated carbocycles. The number of carboxylic acid groups (broad SMARTS) is 1. The summed E-state index contributed by atoms with van der Waals surface area (Å²) in [7, 11) is 0. The predicted molar refractivity (Wildman–Crippen MR) is 158 cm³/mol. The van der Waals surface area contributed by atoms with Gasteiger partial charge in [-0.3, -0.25) is 0 Å². The second-order valence-electron chi connectivity index (χ2n) is 12.0. The van der Waals surface area contributed by atoms with Gasteiger partial charge in [-0.05, 0) is 77.5 Å². The van der Waals surface area contributed by atoms with E-state index in [-0.39, 0.29) is 5.60 Å². The fourth-order valence-corrected chi connectivity index (χ4v) is 5.52. The van der Waals surface area contributed by atoms with Crippen molar-refractivity contribution in [2.24, 2.45) is 0 Å². The number of aryl methyl sites for hydroxylation is 1. The smallest absolute Gasteiger partial charge is 0.337 e. The normalized spacial score (nSPS) is 20.1. The number of ether oxygens (including phenoxy) is 2. The molecule has 1 saturated heterocycles. The van der Waals surface area contributed by atoms with Crippen LogP contribution in [0.1, 0.15) is 81.1 Å². The van der Waals surface area contributed by atoms with Crippen LogP contribution in [0.4, 0.5) is 5.82 Å². The Kier molecular flexibility index (Phi) is 7.84. The van der Waals surface area contributed by atoms with E-state index in [9.17, 15) is 9.90 Å². The molecule has 5 heterocycles. The average Bonchev–Trinajstić information content (AvgIpc) is 3.29. The summed E-state index contributed by atoms with van der Waals surface area (Å²) in [6, 6.07) is 10.4. The molecule has 1 fully saturated rings.